The highest BCUT2D eigenvalue weighted by Crippen LogP contribution is 2.27. The summed E-state index contributed by atoms with van der Waals surface area (Å²) in [5.41, 5.74) is 2.19. The molecule has 1 N–H and O–H groups in total. The van der Waals surface area contributed by atoms with Crippen LogP contribution in [0.5, 0.6) is 0 Å². The molecule has 2 aromatic carbocycles. The molecule has 1 aliphatic heterocycles. The fourth-order valence-corrected chi connectivity index (χ4v) is 3.11. The van der Waals surface area contributed by atoms with Crippen molar-refractivity contribution >= 4 is 22.7 Å². The first-order chi connectivity index (χ1) is 12.3. The highest BCUT2D eigenvalue weighted by Gasteiger charge is 2.17. The third kappa shape index (κ3) is 3.42. The Balaban J connectivity index is 1.70. The van der Waals surface area contributed by atoms with Gasteiger partial charge in [-0.2, -0.15) is 4.98 Å². The predicted octanol–water partition coefficient (Wildman–Crippen LogP) is 3.64. The van der Waals surface area contributed by atoms with Crippen molar-refractivity contribution in [3.05, 3.63) is 60.2 Å². The van der Waals surface area contributed by atoms with E-state index < -0.39 is 0 Å². The van der Waals surface area contributed by atoms with Gasteiger partial charge in [0.05, 0.1) is 18.7 Å². The number of ether oxygens (including phenoxy) is 1. The summed E-state index contributed by atoms with van der Waals surface area (Å²) in [7, 11) is 0. The lowest BCUT2D eigenvalue weighted by Crippen LogP contribution is -2.37. The fraction of sp³-hybridized carbons (Fsp3) is 0.300. The summed E-state index contributed by atoms with van der Waals surface area (Å²) in [6.45, 7) is 5.25. The molecule has 1 saturated heterocycles. The SMILES string of the molecule is C[C@H](Nc1nc(N2CCOCC2)nc2ccccc12)c1ccccc1. The summed E-state index contributed by atoms with van der Waals surface area (Å²) >= 11 is 0. The Morgan fingerprint density at radius 1 is 0.960 bits per heavy atom. The number of para-hydroxylation sites is 1. The molecule has 5 heteroatoms. The van der Waals surface area contributed by atoms with Crippen molar-refractivity contribution in [3.8, 4) is 0 Å². The van der Waals surface area contributed by atoms with Gasteiger partial charge >= 0.3 is 0 Å². The number of benzene rings is 2. The minimum Gasteiger partial charge on any atom is -0.378 e. The van der Waals surface area contributed by atoms with Gasteiger partial charge < -0.3 is 15.0 Å². The maximum absolute atomic E-state index is 5.45. The number of aromatic nitrogens is 2. The van der Waals surface area contributed by atoms with E-state index in [9.17, 15) is 0 Å². The molecule has 3 aromatic rings. The molecule has 25 heavy (non-hydrogen) atoms. The Labute approximate surface area is 147 Å². The molecule has 1 aliphatic rings. The molecule has 0 unspecified atom stereocenters. The van der Waals surface area contributed by atoms with Crippen molar-refractivity contribution in [1.29, 1.82) is 0 Å². The molecule has 1 fully saturated rings. The van der Waals surface area contributed by atoms with Crippen molar-refractivity contribution in [3.63, 3.8) is 0 Å². The summed E-state index contributed by atoms with van der Waals surface area (Å²) in [4.78, 5) is 11.8. The van der Waals surface area contributed by atoms with Gasteiger partial charge in [-0.25, -0.2) is 4.98 Å². The van der Waals surface area contributed by atoms with Gasteiger partial charge in [-0.3, -0.25) is 0 Å². The Bertz CT molecular complexity index is 847. The zero-order chi connectivity index (χ0) is 17.1. The van der Waals surface area contributed by atoms with Gasteiger partial charge in [0.15, 0.2) is 0 Å². The number of hydrogen-bond donors (Lipinski definition) is 1. The van der Waals surface area contributed by atoms with Crippen molar-refractivity contribution in [2.75, 3.05) is 36.5 Å². The van der Waals surface area contributed by atoms with Crippen LogP contribution in [0.3, 0.4) is 0 Å². The van der Waals surface area contributed by atoms with E-state index in [0.717, 1.165) is 49.0 Å². The lowest BCUT2D eigenvalue weighted by atomic mass is 10.1. The highest BCUT2D eigenvalue weighted by molar-refractivity contribution is 5.90. The third-order valence-corrected chi connectivity index (χ3v) is 4.54. The van der Waals surface area contributed by atoms with Gasteiger partial charge in [-0.05, 0) is 24.6 Å². The summed E-state index contributed by atoms with van der Waals surface area (Å²) in [6, 6.07) is 18.7. The van der Waals surface area contributed by atoms with Crippen molar-refractivity contribution in [2.24, 2.45) is 0 Å². The number of hydrogen-bond acceptors (Lipinski definition) is 5. The Kier molecular flexibility index (Phi) is 4.48. The molecule has 1 atom stereocenters. The van der Waals surface area contributed by atoms with Crippen molar-refractivity contribution in [1.82, 2.24) is 9.97 Å². The second kappa shape index (κ2) is 7.07. The molecule has 0 spiro atoms. The van der Waals surface area contributed by atoms with Crippen LogP contribution in [0.1, 0.15) is 18.5 Å². The van der Waals surface area contributed by atoms with Crippen LogP contribution < -0.4 is 10.2 Å². The lowest BCUT2D eigenvalue weighted by molar-refractivity contribution is 0.122. The standard InChI is InChI=1S/C20H22N4O/c1-15(16-7-3-2-4-8-16)21-19-17-9-5-6-10-18(17)22-20(23-19)24-11-13-25-14-12-24/h2-10,15H,11-14H2,1H3,(H,21,22,23)/t15-/m0/s1. The smallest absolute Gasteiger partial charge is 0.228 e. The van der Waals surface area contributed by atoms with Crippen molar-refractivity contribution in [2.45, 2.75) is 13.0 Å². The van der Waals surface area contributed by atoms with Crippen molar-refractivity contribution < 1.29 is 4.74 Å². The van der Waals surface area contributed by atoms with E-state index in [-0.39, 0.29) is 6.04 Å². The average Bonchev–Trinajstić information content (AvgIpc) is 2.69. The molecule has 128 valence electrons. The molecule has 4 rings (SSSR count). The maximum atomic E-state index is 5.45. The Morgan fingerprint density at radius 2 is 1.68 bits per heavy atom. The molecule has 2 heterocycles. The minimum absolute atomic E-state index is 0.164. The van der Waals surface area contributed by atoms with Crippen LogP contribution >= 0.6 is 0 Å². The number of anilines is 2. The zero-order valence-corrected chi connectivity index (χ0v) is 14.4. The molecule has 0 amide bonds. The van der Waals surface area contributed by atoms with E-state index in [2.05, 4.69) is 47.5 Å². The molecule has 0 bridgehead atoms. The number of fused-ring (bicyclic) bond motifs is 1. The Morgan fingerprint density at radius 3 is 2.48 bits per heavy atom. The average molecular weight is 334 g/mol. The lowest BCUT2D eigenvalue weighted by Gasteiger charge is -2.27. The topological polar surface area (TPSA) is 50.3 Å². The van der Waals surface area contributed by atoms with Crippen LogP contribution in [0.2, 0.25) is 0 Å². The van der Waals surface area contributed by atoms with Gasteiger partial charge in [0.2, 0.25) is 5.95 Å². The molecular formula is C20H22N4O. The first-order valence-corrected chi connectivity index (χ1v) is 8.72. The van der Waals surface area contributed by atoms with Gasteiger partial charge in [-0.1, -0.05) is 42.5 Å². The van der Waals surface area contributed by atoms with E-state index in [1.165, 1.54) is 5.56 Å². The first-order valence-electron chi connectivity index (χ1n) is 8.72. The van der Waals surface area contributed by atoms with E-state index in [1.54, 1.807) is 0 Å². The van der Waals surface area contributed by atoms with Crippen LogP contribution in [0.15, 0.2) is 54.6 Å². The summed E-state index contributed by atoms with van der Waals surface area (Å²) in [5.74, 6) is 1.65. The van der Waals surface area contributed by atoms with E-state index in [1.807, 2.05) is 24.3 Å². The summed E-state index contributed by atoms with van der Waals surface area (Å²) in [5, 5.41) is 4.62. The maximum Gasteiger partial charge on any atom is 0.228 e. The van der Waals surface area contributed by atoms with Gasteiger partial charge in [0, 0.05) is 24.5 Å². The van der Waals surface area contributed by atoms with Gasteiger partial charge in [-0.15, -0.1) is 0 Å². The normalized spacial score (nSPS) is 16.0. The second-order valence-electron chi connectivity index (χ2n) is 6.27. The molecular weight excluding hydrogens is 312 g/mol. The summed E-state index contributed by atoms with van der Waals surface area (Å²) < 4.78 is 5.45. The molecule has 0 saturated carbocycles. The highest BCUT2D eigenvalue weighted by atomic mass is 16.5. The Hall–Kier alpha value is -2.66. The van der Waals surface area contributed by atoms with Crippen LogP contribution in [0.25, 0.3) is 10.9 Å². The fourth-order valence-electron chi connectivity index (χ4n) is 3.11. The second-order valence-corrected chi connectivity index (χ2v) is 6.27. The van der Waals surface area contributed by atoms with Gasteiger partial charge in [0.25, 0.3) is 0 Å². The van der Waals surface area contributed by atoms with E-state index >= 15 is 0 Å². The minimum atomic E-state index is 0.164. The monoisotopic (exact) mass is 334 g/mol. The van der Waals surface area contributed by atoms with Crippen LogP contribution in [-0.2, 0) is 4.74 Å². The van der Waals surface area contributed by atoms with Gasteiger partial charge in [0.1, 0.15) is 5.82 Å². The summed E-state index contributed by atoms with van der Waals surface area (Å²) in [6.07, 6.45) is 0. The molecule has 0 aliphatic carbocycles. The number of nitrogens with one attached hydrogen (secondary N) is 1. The largest absolute Gasteiger partial charge is 0.378 e. The molecule has 1 aromatic heterocycles. The predicted molar refractivity (Wildman–Crippen MR) is 101 cm³/mol. The van der Waals surface area contributed by atoms with E-state index in [0.29, 0.717) is 0 Å². The number of nitrogens with zero attached hydrogens (tertiary/aromatic N) is 3. The van der Waals surface area contributed by atoms with Crippen LogP contribution in [0, 0.1) is 0 Å². The van der Waals surface area contributed by atoms with Crippen LogP contribution in [-0.4, -0.2) is 36.3 Å². The number of morpholine rings is 1. The van der Waals surface area contributed by atoms with Crippen LogP contribution in [0.4, 0.5) is 11.8 Å². The quantitative estimate of drug-likeness (QED) is 0.789. The zero-order valence-electron chi connectivity index (χ0n) is 14.4. The third-order valence-electron chi connectivity index (χ3n) is 4.54. The first kappa shape index (κ1) is 15.8. The number of rotatable bonds is 4. The van der Waals surface area contributed by atoms with E-state index in [4.69, 9.17) is 14.7 Å². The molecule has 5 nitrogen and oxygen atoms in total. The molecule has 0 radical (unpaired) electrons.